The van der Waals surface area contributed by atoms with Gasteiger partial charge in [-0.05, 0) is 67.0 Å². The quantitative estimate of drug-likeness (QED) is 0.706. The van der Waals surface area contributed by atoms with E-state index < -0.39 is 0 Å². The Balaban J connectivity index is 1.52. The largest absolute Gasteiger partial charge is 0.352 e. The molecule has 0 bridgehead atoms. The number of carbonyl (C=O) groups is 2. The van der Waals surface area contributed by atoms with Crippen LogP contribution in [0.2, 0.25) is 0 Å². The van der Waals surface area contributed by atoms with Crippen molar-refractivity contribution in [3.63, 3.8) is 0 Å². The lowest BCUT2D eigenvalue weighted by Crippen LogP contribution is -2.62. The van der Waals surface area contributed by atoms with Crippen LogP contribution in [-0.2, 0) is 0 Å². The summed E-state index contributed by atoms with van der Waals surface area (Å²) in [5.41, 5.74) is 0.949. The number of carbonyl (C=O) groups excluding carboxylic acids is 2. The SMILES string of the molecule is C[C@@H]1[C@H](NC(=O)N2CCN(C)CC2)CC2C(C)(C)CCC[C@]2(C)[C@H]1CNC(=O)c1cccnc1. The van der Waals surface area contributed by atoms with Crippen LogP contribution >= 0.6 is 0 Å². The molecule has 0 aromatic carbocycles. The van der Waals surface area contributed by atoms with Crippen LogP contribution < -0.4 is 10.6 Å². The van der Waals surface area contributed by atoms with E-state index in [9.17, 15) is 9.59 Å². The molecule has 34 heavy (non-hydrogen) atoms. The summed E-state index contributed by atoms with van der Waals surface area (Å²) >= 11 is 0. The molecule has 3 fully saturated rings. The Hall–Kier alpha value is -2.15. The fraction of sp³-hybridized carbons (Fsp3) is 0.741. The van der Waals surface area contributed by atoms with Gasteiger partial charge < -0.3 is 20.4 Å². The van der Waals surface area contributed by atoms with Crippen molar-refractivity contribution in [1.29, 1.82) is 0 Å². The number of urea groups is 1. The molecule has 2 saturated carbocycles. The molecule has 7 heteroatoms. The van der Waals surface area contributed by atoms with Gasteiger partial charge in [0.05, 0.1) is 5.56 Å². The Morgan fingerprint density at radius 3 is 2.56 bits per heavy atom. The molecule has 1 unspecified atom stereocenters. The number of nitrogens with zero attached hydrogens (tertiary/aromatic N) is 3. The van der Waals surface area contributed by atoms with Crippen molar-refractivity contribution in [3.8, 4) is 0 Å². The lowest BCUT2D eigenvalue weighted by molar-refractivity contribution is -0.102. The molecule has 3 amide bonds. The van der Waals surface area contributed by atoms with Crippen molar-refractivity contribution in [2.45, 2.75) is 59.4 Å². The number of fused-ring (bicyclic) bond motifs is 1. The molecule has 0 radical (unpaired) electrons. The summed E-state index contributed by atoms with van der Waals surface area (Å²) in [6, 6.07) is 3.78. The van der Waals surface area contributed by atoms with Crippen LogP contribution in [-0.4, -0.2) is 72.5 Å². The molecule has 7 nitrogen and oxygen atoms in total. The molecule has 0 spiro atoms. The van der Waals surface area contributed by atoms with E-state index >= 15 is 0 Å². The van der Waals surface area contributed by atoms with Gasteiger partial charge in [-0.2, -0.15) is 0 Å². The standard InChI is InChI=1S/C27H43N5O2/c1-19-21(18-29-24(33)20-8-6-11-28-17-20)27(4)10-7-9-26(2,3)23(27)16-22(19)30-25(34)32-14-12-31(5)13-15-32/h6,8,11,17,19,21-23H,7,9-10,12-16,18H2,1-5H3,(H,29,33)(H,30,34)/t19-,21-,22+,23?,27+/m0/s1. The van der Waals surface area contributed by atoms with Gasteiger partial charge in [0, 0.05) is 51.2 Å². The van der Waals surface area contributed by atoms with E-state index in [1.54, 1.807) is 24.5 Å². The summed E-state index contributed by atoms with van der Waals surface area (Å²) in [4.78, 5) is 34.4. The van der Waals surface area contributed by atoms with Gasteiger partial charge in [-0.1, -0.05) is 34.1 Å². The second-order valence-electron chi connectivity index (χ2n) is 11.9. The minimum absolute atomic E-state index is 0.0697. The average molecular weight is 470 g/mol. The number of nitrogens with one attached hydrogen (secondary N) is 2. The summed E-state index contributed by atoms with van der Waals surface area (Å²) in [7, 11) is 2.11. The zero-order valence-electron chi connectivity index (χ0n) is 21.6. The zero-order valence-corrected chi connectivity index (χ0v) is 21.6. The van der Waals surface area contributed by atoms with Gasteiger partial charge >= 0.3 is 6.03 Å². The Morgan fingerprint density at radius 1 is 1.15 bits per heavy atom. The van der Waals surface area contributed by atoms with E-state index in [4.69, 9.17) is 0 Å². The molecule has 3 aliphatic rings. The van der Waals surface area contributed by atoms with Crippen LogP contribution in [0.3, 0.4) is 0 Å². The summed E-state index contributed by atoms with van der Waals surface area (Å²) in [5, 5.41) is 6.66. The number of hydrogen-bond acceptors (Lipinski definition) is 4. The van der Waals surface area contributed by atoms with E-state index in [0.717, 1.165) is 32.6 Å². The number of aromatic nitrogens is 1. The highest BCUT2D eigenvalue weighted by molar-refractivity contribution is 5.93. The molecule has 2 heterocycles. The Bertz CT molecular complexity index is 867. The van der Waals surface area contributed by atoms with Gasteiger partial charge in [0.2, 0.25) is 0 Å². The maximum absolute atomic E-state index is 13.2. The molecule has 2 N–H and O–H groups in total. The van der Waals surface area contributed by atoms with E-state index in [1.165, 1.54) is 19.3 Å². The first-order chi connectivity index (χ1) is 16.1. The molecule has 1 aromatic heterocycles. The maximum Gasteiger partial charge on any atom is 0.317 e. The normalized spacial score (nSPS) is 33.6. The number of rotatable bonds is 4. The highest BCUT2D eigenvalue weighted by Crippen LogP contribution is 2.61. The van der Waals surface area contributed by atoms with Crippen molar-refractivity contribution in [2.24, 2.45) is 28.6 Å². The molecular formula is C27H43N5O2. The van der Waals surface area contributed by atoms with Crippen LogP contribution in [0.1, 0.15) is 63.7 Å². The number of hydrogen-bond donors (Lipinski definition) is 2. The Kier molecular flexibility index (Phi) is 7.22. The number of pyridine rings is 1. The van der Waals surface area contributed by atoms with Gasteiger partial charge in [0.1, 0.15) is 0 Å². The van der Waals surface area contributed by atoms with Crippen LogP contribution in [0.5, 0.6) is 0 Å². The smallest absolute Gasteiger partial charge is 0.317 e. The van der Waals surface area contributed by atoms with Gasteiger partial charge in [0.25, 0.3) is 5.91 Å². The summed E-state index contributed by atoms with van der Waals surface area (Å²) in [5.74, 6) is 1.01. The number of piperazine rings is 1. The zero-order chi connectivity index (χ0) is 24.5. The van der Waals surface area contributed by atoms with Crippen molar-refractivity contribution in [2.75, 3.05) is 39.8 Å². The summed E-state index contributed by atoms with van der Waals surface area (Å²) < 4.78 is 0. The second kappa shape index (κ2) is 9.84. The van der Waals surface area contributed by atoms with Gasteiger partial charge in [-0.3, -0.25) is 9.78 Å². The van der Waals surface area contributed by atoms with Crippen molar-refractivity contribution >= 4 is 11.9 Å². The lowest BCUT2D eigenvalue weighted by Gasteiger charge is -2.61. The second-order valence-corrected chi connectivity index (χ2v) is 11.9. The topological polar surface area (TPSA) is 77.6 Å². The van der Waals surface area contributed by atoms with Crippen molar-refractivity contribution in [1.82, 2.24) is 25.4 Å². The predicted molar refractivity (Wildman–Crippen MR) is 134 cm³/mol. The van der Waals surface area contributed by atoms with Crippen molar-refractivity contribution in [3.05, 3.63) is 30.1 Å². The first-order valence-corrected chi connectivity index (χ1v) is 13.0. The molecule has 1 saturated heterocycles. The third-order valence-corrected chi connectivity index (χ3v) is 9.39. The fourth-order valence-corrected chi connectivity index (χ4v) is 7.22. The fourth-order valence-electron chi connectivity index (χ4n) is 7.22. The van der Waals surface area contributed by atoms with Crippen LogP contribution in [0.4, 0.5) is 4.79 Å². The molecule has 1 aliphatic heterocycles. The Morgan fingerprint density at radius 2 is 1.88 bits per heavy atom. The molecule has 188 valence electrons. The monoisotopic (exact) mass is 469 g/mol. The molecule has 1 aromatic rings. The Labute approximate surface area is 205 Å². The van der Waals surface area contributed by atoms with Crippen LogP contribution in [0.15, 0.2) is 24.5 Å². The van der Waals surface area contributed by atoms with Gasteiger partial charge in [-0.25, -0.2) is 4.79 Å². The number of likely N-dealkylation sites (N-methyl/N-ethyl adjacent to an activating group) is 1. The first kappa shape index (κ1) is 25.0. The van der Waals surface area contributed by atoms with E-state index in [1.807, 2.05) is 4.90 Å². The minimum atomic E-state index is -0.0703. The molecule has 5 atom stereocenters. The van der Waals surface area contributed by atoms with E-state index in [2.05, 4.69) is 55.3 Å². The van der Waals surface area contributed by atoms with Crippen molar-refractivity contribution < 1.29 is 9.59 Å². The van der Waals surface area contributed by atoms with E-state index in [-0.39, 0.29) is 34.7 Å². The van der Waals surface area contributed by atoms with Crippen LogP contribution in [0, 0.1) is 28.6 Å². The molecular weight excluding hydrogens is 426 g/mol. The van der Waals surface area contributed by atoms with Gasteiger partial charge in [0.15, 0.2) is 0 Å². The molecule has 2 aliphatic carbocycles. The summed E-state index contributed by atoms with van der Waals surface area (Å²) in [6.45, 7) is 13.5. The third kappa shape index (κ3) is 4.95. The number of amides is 3. The van der Waals surface area contributed by atoms with Gasteiger partial charge in [-0.15, -0.1) is 0 Å². The predicted octanol–water partition coefficient (Wildman–Crippen LogP) is 3.63. The first-order valence-electron chi connectivity index (χ1n) is 13.0. The molecule has 4 rings (SSSR count). The lowest BCUT2D eigenvalue weighted by atomic mass is 9.45. The highest BCUT2D eigenvalue weighted by Gasteiger charge is 2.56. The average Bonchev–Trinajstić information content (AvgIpc) is 2.80. The third-order valence-electron chi connectivity index (χ3n) is 9.39. The van der Waals surface area contributed by atoms with E-state index in [0.29, 0.717) is 23.9 Å². The minimum Gasteiger partial charge on any atom is -0.352 e. The summed E-state index contributed by atoms with van der Waals surface area (Å²) in [6.07, 6.45) is 7.93. The highest BCUT2D eigenvalue weighted by atomic mass is 16.2. The maximum atomic E-state index is 13.2. The van der Waals surface area contributed by atoms with Crippen LogP contribution in [0.25, 0.3) is 0 Å².